The van der Waals surface area contributed by atoms with Gasteiger partial charge in [-0.05, 0) is 12.5 Å². The summed E-state index contributed by atoms with van der Waals surface area (Å²) in [5.74, 6) is 0.731. The van der Waals surface area contributed by atoms with Crippen molar-refractivity contribution in [2.75, 3.05) is 13.1 Å². The molecule has 2 heteroatoms. The highest BCUT2D eigenvalue weighted by atomic mass is 15.0. The predicted octanol–water partition coefficient (Wildman–Crippen LogP) is -0.0569. The minimum Gasteiger partial charge on any atom is -0.326 e. The summed E-state index contributed by atoms with van der Waals surface area (Å²) in [6.45, 7) is 4.33. The highest BCUT2D eigenvalue weighted by Gasteiger charge is 2.20. The largest absolute Gasteiger partial charge is 0.326 e. The fourth-order valence-corrected chi connectivity index (χ4v) is 1.20. The van der Waals surface area contributed by atoms with Crippen molar-refractivity contribution in [3.05, 3.63) is 0 Å². The Morgan fingerprint density at radius 3 is 2.62 bits per heavy atom. The first-order valence-corrected chi connectivity index (χ1v) is 3.31. The molecule has 48 valence electrons. The highest BCUT2D eigenvalue weighted by Crippen LogP contribution is 2.09. The van der Waals surface area contributed by atoms with Gasteiger partial charge in [-0.2, -0.15) is 0 Å². The molecule has 0 radical (unpaired) electrons. The lowest BCUT2D eigenvalue weighted by Gasteiger charge is -2.08. The Hall–Kier alpha value is -0.0800. The van der Waals surface area contributed by atoms with Crippen LogP contribution in [-0.4, -0.2) is 19.1 Å². The first kappa shape index (κ1) is 6.05. The van der Waals surface area contributed by atoms with Crippen LogP contribution < -0.4 is 11.1 Å². The summed E-state index contributed by atoms with van der Waals surface area (Å²) in [5, 5.41) is 3.25. The van der Waals surface area contributed by atoms with Gasteiger partial charge in [-0.3, -0.25) is 0 Å². The molecule has 0 saturated carbocycles. The number of rotatable bonds is 1. The van der Waals surface area contributed by atoms with Gasteiger partial charge in [-0.1, -0.05) is 13.3 Å². The van der Waals surface area contributed by atoms with Gasteiger partial charge in [0.15, 0.2) is 0 Å². The minimum absolute atomic E-state index is 0.417. The Morgan fingerprint density at radius 1 is 1.62 bits per heavy atom. The van der Waals surface area contributed by atoms with Gasteiger partial charge in [0.1, 0.15) is 0 Å². The topological polar surface area (TPSA) is 38.0 Å². The van der Waals surface area contributed by atoms with Crippen LogP contribution in [0.25, 0.3) is 0 Å². The second kappa shape index (κ2) is 2.46. The first-order valence-electron chi connectivity index (χ1n) is 3.31. The van der Waals surface area contributed by atoms with E-state index >= 15 is 0 Å². The van der Waals surface area contributed by atoms with E-state index in [4.69, 9.17) is 5.73 Å². The van der Waals surface area contributed by atoms with E-state index in [1.54, 1.807) is 0 Å². The van der Waals surface area contributed by atoms with Gasteiger partial charge in [-0.25, -0.2) is 0 Å². The summed E-state index contributed by atoms with van der Waals surface area (Å²) < 4.78 is 0. The molecule has 1 rings (SSSR count). The fraction of sp³-hybridized carbons (Fsp3) is 1.00. The first-order chi connectivity index (χ1) is 3.84. The smallest absolute Gasteiger partial charge is 0.0206 e. The number of hydrogen-bond acceptors (Lipinski definition) is 2. The van der Waals surface area contributed by atoms with Crippen LogP contribution in [0.15, 0.2) is 0 Å². The van der Waals surface area contributed by atoms with Gasteiger partial charge in [0.25, 0.3) is 0 Å². The zero-order valence-corrected chi connectivity index (χ0v) is 5.35. The quantitative estimate of drug-likeness (QED) is 0.501. The minimum atomic E-state index is 0.417. The molecular weight excluding hydrogens is 100 g/mol. The third-order valence-corrected chi connectivity index (χ3v) is 1.92. The molecule has 0 aromatic carbocycles. The van der Waals surface area contributed by atoms with Gasteiger partial charge >= 0.3 is 0 Å². The molecule has 8 heavy (non-hydrogen) atoms. The monoisotopic (exact) mass is 114 g/mol. The molecule has 1 fully saturated rings. The predicted molar refractivity (Wildman–Crippen MR) is 34.6 cm³/mol. The van der Waals surface area contributed by atoms with E-state index in [1.807, 2.05) is 0 Å². The average Bonchev–Trinajstić information content (AvgIpc) is 2.14. The van der Waals surface area contributed by atoms with Gasteiger partial charge in [0.2, 0.25) is 0 Å². The standard InChI is InChI=1S/C6H14N2/c1-2-5-3-8-4-6(5)7/h5-6,8H,2-4,7H2,1H3/t5-,6-/m1/s1. The maximum Gasteiger partial charge on any atom is 0.0206 e. The molecule has 1 aliphatic heterocycles. The number of nitrogens with two attached hydrogens (primary N) is 1. The van der Waals surface area contributed by atoms with Crippen LogP contribution in [0.1, 0.15) is 13.3 Å². The van der Waals surface area contributed by atoms with Gasteiger partial charge in [0, 0.05) is 12.6 Å². The van der Waals surface area contributed by atoms with E-state index < -0.39 is 0 Å². The Bertz CT molecular complexity index is 72.9. The number of hydrogen-bond donors (Lipinski definition) is 2. The molecule has 0 aromatic heterocycles. The summed E-state index contributed by atoms with van der Waals surface area (Å²) in [6.07, 6.45) is 1.22. The molecule has 1 heterocycles. The zero-order valence-electron chi connectivity index (χ0n) is 5.35. The summed E-state index contributed by atoms with van der Waals surface area (Å²) in [7, 11) is 0. The second-order valence-corrected chi connectivity index (χ2v) is 2.49. The van der Waals surface area contributed by atoms with E-state index in [0.717, 1.165) is 19.0 Å². The van der Waals surface area contributed by atoms with Crippen LogP contribution >= 0.6 is 0 Å². The van der Waals surface area contributed by atoms with Crippen molar-refractivity contribution in [1.82, 2.24) is 5.32 Å². The van der Waals surface area contributed by atoms with Crippen LogP contribution in [-0.2, 0) is 0 Å². The van der Waals surface area contributed by atoms with Crippen molar-refractivity contribution in [3.8, 4) is 0 Å². The third kappa shape index (κ3) is 1.01. The maximum atomic E-state index is 5.73. The lowest BCUT2D eigenvalue weighted by Crippen LogP contribution is -2.28. The number of nitrogens with one attached hydrogen (secondary N) is 1. The second-order valence-electron chi connectivity index (χ2n) is 2.49. The molecule has 0 unspecified atom stereocenters. The molecule has 0 aromatic rings. The zero-order chi connectivity index (χ0) is 5.98. The average molecular weight is 114 g/mol. The Balaban J connectivity index is 2.30. The molecule has 3 N–H and O–H groups in total. The van der Waals surface area contributed by atoms with Gasteiger partial charge < -0.3 is 11.1 Å². The van der Waals surface area contributed by atoms with Crippen LogP contribution in [0.4, 0.5) is 0 Å². The summed E-state index contributed by atoms with van der Waals surface area (Å²) in [6, 6.07) is 0.417. The normalized spacial score (nSPS) is 38.2. The molecule has 0 bridgehead atoms. The van der Waals surface area contributed by atoms with Crippen LogP contribution in [0, 0.1) is 5.92 Å². The van der Waals surface area contributed by atoms with Gasteiger partial charge in [0.05, 0.1) is 0 Å². The fourth-order valence-electron chi connectivity index (χ4n) is 1.20. The summed E-state index contributed by atoms with van der Waals surface area (Å²) in [5.41, 5.74) is 5.73. The van der Waals surface area contributed by atoms with Crippen LogP contribution in [0.2, 0.25) is 0 Å². The molecule has 1 saturated heterocycles. The van der Waals surface area contributed by atoms with Crippen molar-refractivity contribution in [2.45, 2.75) is 19.4 Å². The Labute approximate surface area is 50.4 Å². The molecule has 0 aliphatic carbocycles. The molecule has 1 aliphatic rings. The van der Waals surface area contributed by atoms with E-state index in [1.165, 1.54) is 6.42 Å². The van der Waals surface area contributed by atoms with E-state index in [2.05, 4.69) is 12.2 Å². The van der Waals surface area contributed by atoms with Crippen molar-refractivity contribution < 1.29 is 0 Å². The molecular formula is C6H14N2. The van der Waals surface area contributed by atoms with Crippen molar-refractivity contribution >= 4 is 0 Å². The van der Waals surface area contributed by atoms with Crippen LogP contribution in [0.3, 0.4) is 0 Å². The molecule has 0 spiro atoms. The Morgan fingerprint density at radius 2 is 2.38 bits per heavy atom. The van der Waals surface area contributed by atoms with E-state index in [9.17, 15) is 0 Å². The van der Waals surface area contributed by atoms with E-state index in [-0.39, 0.29) is 0 Å². The summed E-state index contributed by atoms with van der Waals surface area (Å²) >= 11 is 0. The molecule has 0 amide bonds. The molecule has 2 atom stereocenters. The third-order valence-electron chi connectivity index (χ3n) is 1.92. The maximum absolute atomic E-state index is 5.73. The molecule has 2 nitrogen and oxygen atoms in total. The van der Waals surface area contributed by atoms with Crippen molar-refractivity contribution in [3.63, 3.8) is 0 Å². The Kier molecular flexibility index (Phi) is 1.86. The van der Waals surface area contributed by atoms with Gasteiger partial charge in [-0.15, -0.1) is 0 Å². The van der Waals surface area contributed by atoms with E-state index in [0.29, 0.717) is 6.04 Å². The summed E-state index contributed by atoms with van der Waals surface area (Å²) in [4.78, 5) is 0. The highest BCUT2D eigenvalue weighted by molar-refractivity contribution is 4.82. The van der Waals surface area contributed by atoms with Crippen molar-refractivity contribution in [2.24, 2.45) is 11.7 Å². The van der Waals surface area contributed by atoms with Crippen LogP contribution in [0.5, 0.6) is 0 Å². The lowest BCUT2D eigenvalue weighted by atomic mass is 10.0. The van der Waals surface area contributed by atoms with Crippen molar-refractivity contribution in [1.29, 1.82) is 0 Å². The lowest BCUT2D eigenvalue weighted by molar-refractivity contribution is 0.499. The SMILES string of the molecule is CC[C@@H]1CNC[C@H]1N.